The number of morpholine rings is 1. The van der Waals surface area contributed by atoms with Crippen LogP contribution in [0.4, 0.5) is 0 Å². The molecule has 3 atom stereocenters. The van der Waals surface area contributed by atoms with E-state index in [1.54, 1.807) is 0 Å². The molecule has 28 heavy (non-hydrogen) atoms. The summed E-state index contributed by atoms with van der Waals surface area (Å²) in [6, 6.07) is 12.5. The number of ether oxygens (including phenoxy) is 2. The van der Waals surface area contributed by atoms with Crippen LogP contribution in [0.3, 0.4) is 0 Å². The Morgan fingerprint density at radius 3 is 2.71 bits per heavy atom. The van der Waals surface area contributed by atoms with Crippen LogP contribution in [0.25, 0.3) is 10.8 Å². The van der Waals surface area contributed by atoms with E-state index in [-0.39, 0.29) is 5.97 Å². The summed E-state index contributed by atoms with van der Waals surface area (Å²) in [5, 5.41) is 2.41. The van der Waals surface area contributed by atoms with Gasteiger partial charge < -0.3 is 14.4 Å². The van der Waals surface area contributed by atoms with Gasteiger partial charge in [0, 0.05) is 6.42 Å². The van der Waals surface area contributed by atoms with E-state index in [4.69, 9.17) is 9.47 Å². The van der Waals surface area contributed by atoms with Crippen LogP contribution >= 0.6 is 0 Å². The molecule has 1 N–H and O–H groups in total. The van der Waals surface area contributed by atoms with Gasteiger partial charge in [0.15, 0.2) is 0 Å². The van der Waals surface area contributed by atoms with E-state index in [0.717, 1.165) is 56.0 Å². The number of rotatable bonds is 5. The van der Waals surface area contributed by atoms with Gasteiger partial charge in [-0.1, -0.05) is 36.8 Å². The van der Waals surface area contributed by atoms with Gasteiger partial charge >= 0.3 is 5.97 Å². The number of hydrogen-bond donors (Lipinski definition) is 1. The van der Waals surface area contributed by atoms with Crippen molar-refractivity contribution in [1.82, 2.24) is 0 Å². The fraction of sp³-hybridized carbons (Fsp3) is 0.542. The van der Waals surface area contributed by atoms with E-state index in [0.29, 0.717) is 12.3 Å². The second-order valence-electron chi connectivity index (χ2n) is 8.92. The van der Waals surface area contributed by atoms with Crippen LogP contribution in [0.2, 0.25) is 0 Å². The Bertz CT molecular complexity index is 858. The zero-order valence-corrected chi connectivity index (χ0v) is 16.5. The lowest BCUT2D eigenvalue weighted by Crippen LogP contribution is -3.12. The minimum absolute atomic E-state index is 0.0499. The van der Waals surface area contributed by atoms with Crippen molar-refractivity contribution in [3.05, 3.63) is 42.0 Å². The molecule has 148 valence electrons. The average molecular weight is 381 g/mol. The van der Waals surface area contributed by atoms with E-state index < -0.39 is 0 Å². The summed E-state index contributed by atoms with van der Waals surface area (Å²) in [5.74, 6) is 2.87. The van der Waals surface area contributed by atoms with E-state index in [1.807, 2.05) is 6.07 Å². The third kappa shape index (κ3) is 3.68. The third-order valence-electron chi connectivity index (χ3n) is 7.16. The highest BCUT2D eigenvalue weighted by molar-refractivity contribution is 5.88. The Balaban J connectivity index is 1.36. The summed E-state index contributed by atoms with van der Waals surface area (Å²) in [4.78, 5) is 14.3. The molecule has 0 radical (unpaired) electrons. The van der Waals surface area contributed by atoms with E-state index in [9.17, 15) is 4.79 Å². The summed E-state index contributed by atoms with van der Waals surface area (Å²) in [6.45, 7) is 4.49. The van der Waals surface area contributed by atoms with Crippen molar-refractivity contribution < 1.29 is 19.2 Å². The number of benzene rings is 2. The van der Waals surface area contributed by atoms with Crippen molar-refractivity contribution in [1.29, 1.82) is 0 Å². The maximum absolute atomic E-state index is 12.8. The average Bonchev–Trinajstić information content (AvgIpc) is 3.34. The van der Waals surface area contributed by atoms with Crippen LogP contribution in [-0.2, 0) is 16.1 Å². The molecule has 0 aromatic heterocycles. The number of carbonyl (C=O) groups is 1. The first-order chi connectivity index (χ1) is 13.8. The summed E-state index contributed by atoms with van der Waals surface area (Å²) >= 11 is 0. The number of nitrogens with one attached hydrogen (secondary N) is 1. The van der Waals surface area contributed by atoms with Crippen molar-refractivity contribution >= 4 is 16.7 Å². The summed E-state index contributed by atoms with van der Waals surface area (Å²) in [6.07, 6.45) is 5.82. The Labute approximate surface area is 166 Å². The van der Waals surface area contributed by atoms with E-state index in [2.05, 4.69) is 30.3 Å². The molecule has 0 unspecified atom stereocenters. The first-order valence-corrected chi connectivity index (χ1v) is 10.9. The molecule has 1 heterocycles. The van der Waals surface area contributed by atoms with Gasteiger partial charge in [0.2, 0.25) is 0 Å². The molecule has 2 bridgehead atoms. The second-order valence-corrected chi connectivity index (χ2v) is 8.92. The quantitative estimate of drug-likeness (QED) is 0.640. The summed E-state index contributed by atoms with van der Waals surface area (Å²) in [7, 11) is 0. The van der Waals surface area contributed by atoms with Gasteiger partial charge in [0.25, 0.3) is 0 Å². The smallest absolute Gasteiger partial charge is 0.311 e. The molecule has 0 amide bonds. The number of esters is 1. The predicted octanol–water partition coefficient (Wildman–Crippen LogP) is 2.99. The molecule has 0 spiro atoms. The lowest BCUT2D eigenvalue weighted by Gasteiger charge is -2.25. The first-order valence-electron chi connectivity index (χ1n) is 10.9. The van der Waals surface area contributed by atoms with Crippen LogP contribution in [-0.4, -0.2) is 32.3 Å². The third-order valence-corrected chi connectivity index (χ3v) is 7.16. The second kappa shape index (κ2) is 7.84. The van der Waals surface area contributed by atoms with Crippen molar-refractivity contribution in [2.24, 2.45) is 17.8 Å². The Morgan fingerprint density at radius 2 is 1.93 bits per heavy atom. The molecule has 2 aliphatic carbocycles. The normalized spacial score (nSPS) is 27.4. The van der Waals surface area contributed by atoms with Crippen LogP contribution < -0.4 is 9.64 Å². The molecule has 2 saturated carbocycles. The molecule has 4 nitrogen and oxygen atoms in total. The van der Waals surface area contributed by atoms with Gasteiger partial charge in [-0.05, 0) is 53.9 Å². The lowest BCUT2D eigenvalue weighted by molar-refractivity contribution is -0.921. The van der Waals surface area contributed by atoms with Gasteiger partial charge in [-0.3, -0.25) is 4.79 Å². The fourth-order valence-electron chi connectivity index (χ4n) is 5.69. The maximum atomic E-state index is 12.8. The van der Waals surface area contributed by atoms with E-state index in [1.165, 1.54) is 41.4 Å². The molecular formula is C24H30NO3+. The monoisotopic (exact) mass is 380 g/mol. The topological polar surface area (TPSA) is 40.0 Å². The Hall–Kier alpha value is -1.91. The van der Waals surface area contributed by atoms with Gasteiger partial charge in [-0.15, -0.1) is 0 Å². The summed E-state index contributed by atoms with van der Waals surface area (Å²) < 4.78 is 11.5. The molecule has 3 fully saturated rings. The highest BCUT2D eigenvalue weighted by Gasteiger charge is 2.40. The number of quaternary nitrogens is 1. The zero-order chi connectivity index (χ0) is 18.9. The molecule has 1 aliphatic heterocycles. The number of fused-ring (bicyclic) bond motifs is 3. The largest absolute Gasteiger partial charge is 0.426 e. The highest BCUT2D eigenvalue weighted by Crippen LogP contribution is 2.49. The van der Waals surface area contributed by atoms with Crippen molar-refractivity contribution in [2.45, 2.75) is 38.6 Å². The molecule has 5 rings (SSSR count). The van der Waals surface area contributed by atoms with Crippen LogP contribution in [0, 0.1) is 17.8 Å². The van der Waals surface area contributed by atoms with E-state index >= 15 is 0 Å². The Morgan fingerprint density at radius 1 is 1.07 bits per heavy atom. The van der Waals surface area contributed by atoms with Crippen molar-refractivity contribution in [3.8, 4) is 5.75 Å². The Kier molecular flexibility index (Phi) is 5.08. The molecule has 3 aliphatic rings. The maximum Gasteiger partial charge on any atom is 0.311 e. The first kappa shape index (κ1) is 18.1. The lowest BCUT2D eigenvalue weighted by atomic mass is 9.86. The van der Waals surface area contributed by atoms with Crippen molar-refractivity contribution in [2.75, 3.05) is 26.3 Å². The molecule has 1 saturated heterocycles. The molecule has 2 aromatic carbocycles. The standard InChI is InChI=1S/C24H29NO3/c26-24(15-20-14-17-5-6-19(20)13-17)28-23-8-7-18-3-1-2-4-21(18)22(23)16-25-9-11-27-12-10-25/h1-4,7-8,17,19-20H,5-6,9-16H2/p+1/t17-,19-,20-/m1/s1. The molecule has 4 heteroatoms. The van der Waals surface area contributed by atoms with Gasteiger partial charge in [0.05, 0.1) is 18.8 Å². The minimum atomic E-state index is -0.0499. The SMILES string of the molecule is O=C(C[C@H]1C[C@@H]2CC[C@@H]1C2)Oc1ccc2ccccc2c1C[NH+]1CCOCC1. The number of hydrogen-bond acceptors (Lipinski definition) is 3. The van der Waals surface area contributed by atoms with Gasteiger partial charge in [-0.25, -0.2) is 0 Å². The molecular weight excluding hydrogens is 350 g/mol. The number of carbonyl (C=O) groups excluding carboxylic acids is 1. The van der Waals surface area contributed by atoms with Gasteiger partial charge in [0.1, 0.15) is 25.4 Å². The van der Waals surface area contributed by atoms with Crippen molar-refractivity contribution in [3.63, 3.8) is 0 Å². The molecule has 2 aromatic rings. The fourth-order valence-corrected chi connectivity index (χ4v) is 5.69. The predicted molar refractivity (Wildman–Crippen MR) is 108 cm³/mol. The van der Waals surface area contributed by atoms with Crippen LogP contribution in [0.15, 0.2) is 36.4 Å². The highest BCUT2D eigenvalue weighted by atomic mass is 16.5. The zero-order valence-electron chi connectivity index (χ0n) is 16.5. The minimum Gasteiger partial charge on any atom is -0.426 e. The van der Waals surface area contributed by atoms with Gasteiger partial charge in [-0.2, -0.15) is 0 Å². The van der Waals surface area contributed by atoms with Crippen LogP contribution in [0.5, 0.6) is 5.75 Å². The summed E-state index contributed by atoms with van der Waals surface area (Å²) in [5.41, 5.74) is 1.16. The van der Waals surface area contributed by atoms with Crippen LogP contribution in [0.1, 0.15) is 37.7 Å².